The Morgan fingerprint density at radius 2 is 1.86 bits per heavy atom. The van der Waals surface area contributed by atoms with Crippen LogP contribution in [-0.4, -0.2) is 70.4 Å². The summed E-state index contributed by atoms with van der Waals surface area (Å²) in [6.45, 7) is 5.24. The first-order valence-corrected chi connectivity index (χ1v) is 15.5. The predicted octanol–water partition coefficient (Wildman–Crippen LogP) is 4.48. The van der Waals surface area contributed by atoms with E-state index in [1.807, 2.05) is 19.1 Å². The number of methoxy groups -OCH3 is 1. The highest BCUT2D eigenvalue weighted by Crippen LogP contribution is 2.44. The van der Waals surface area contributed by atoms with E-state index in [2.05, 4.69) is 32.0 Å². The van der Waals surface area contributed by atoms with Gasteiger partial charge in [0.05, 0.1) is 13.2 Å². The van der Waals surface area contributed by atoms with Crippen molar-refractivity contribution >= 4 is 39.7 Å². The van der Waals surface area contributed by atoms with Crippen molar-refractivity contribution < 1.29 is 38.5 Å². The Hall–Kier alpha value is -3.44. The van der Waals surface area contributed by atoms with Crippen LogP contribution in [0.15, 0.2) is 30.3 Å². The van der Waals surface area contributed by atoms with Gasteiger partial charge in [0.15, 0.2) is 12.4 Å². The molecule has 0 bridgehead atoms. The van der Waals surface area contributed by atoms with E-state index in [-0.39, 0.29) is 29.2 Å². The zero-order chi connectivity index (χ0) is 31.0. The predicted molar refractivity (Wildman–Crippen MR) is 161 cm³/mol. The molecule has 10 nitrogen and oxygen atoms in total. The normalized spacial score (nSPS) is 22.9. The summed E-state index contributed by atoms with van der Waals surface area (Å²) in [5, 5.41) is 13.2. The van der Waals surface area contributed by atoms with E-state index in [1.54, 1.807) is 26.0 Å². The molecule has 2 N–H and O–H groups in total. The molecular weight excluding hydrogens is 620 g/mol. The van der Waals surface area contributed by atoms with Crippen LogP contribution in [0, 0.1) is 5.92 Å². The maximum atomic E-state index is 13.4. The number of alkyl carbamates (subject to hydrolysis) is 1. The van der Waals surface area contributed by atoms with Crippen molar-refractivity contribution in [2.24, 2.45) is 5.92 Å². The van der Waals surface area contributed by atoms with E-state index < -0.39 is 42.8 Å². The number of halogens is 1. The Morgan fingerprint density at radius 3 is 2.58 bits per heavy atom. The summed E-state index contributed by atoms with van der Waals surface area (Å²) < 4.78 is 16.1. The minimum absolute atomic E-state index is 0.0118. The number of carbonyl (C=O) groups excluding carboxylic acids is 4. The molecule has 0 radical (unpaired) electrons. The summed E-state index contributed by atoms with van der Waals surface area (Å²) in [6, 6.07) is 7.37. The largest absolute Gasteiger partial charge is 0.488 e. The van der Waals surface area contributed by atoms with Crippen LogP contribution in [0.3, 0.4) is 0 Å². The van der Waals surface area contributed by atoms with E-state index in [4.69, 9.17) is 9.47 Å². The molecular formula is C32H37BrN2O8. The third-order valence-electron chi connectivity index (χ3n) is 8.62. The fraction of sp³-hybridized carbons (Fsp3) is 0.500. The Labute approximate surface area is 259 Å². The summed E-state index contributed by atoms with van der Waals surface area (Å²) in [6.07, 6.45) is 1.35. The van der Waals surface area contributed by atoms with Crippen LogP contribution in [-0.2, 0) is 32.1 Å². The van der Waals surface area contributed by atoms with Gasteiger partial charge in [-0.15, -0.1) is 0 Å². The average molecular weight is 658 g/mol. The smallest absolute Gasteiger partial charge is 0.407 e. The molecule has 0 spiro atoms. The molecule has 0 aromatic heterocycles. The molecule has 11 heteroatoms. The molecule has 3 aliphatic rings. The van der Waals surface area contributed by atoms with Gasteiger partial charge in [-0.2, -0.15) is 0 Å². The van der Waals surface area contributed by atoms with Gasteiger partial charge in [0, 0.05) is 22.0 Å². The lowest BCUT2D eigenvalue weighted by Crippen LogP contribution is -2.55. The molecule has 1 aliphatic carbocycles. The van der Waals surface area contributed by atoms with Gasteiger partial charge in [0.2, 0.25) is 5.91 Å². The first kappa shape index (κ1) is 31.0. The Kier molecular flexibility index (Phi) is 9.12. The van der Waals surface area contributed by atoms with Crippen LogP contribution in [0.4, 0.5) is 4.79 Å². The second-order valence-corrected chi connectivity index (χ2v) is 13.0. The molecule has 2 aliphatic heterocycles. The first-order chi connectivity index (χ1) is 20.5. The lowest BCUT2D eigenvalue weighted by molar-refractivity contribution is -0.154. The lowest BCUT2D eigenvalue weighted by Gasteiger charge is -2.32. The van der Waals surface area contributed by atoms with E-state index in [0.717, 1.165) is 40.7 Å². The number of aryl methyl sites for hydroxylation is 1. The summed E-state index contributed by atoms with van der Waals surface area (Å²) in [4.78, 5) is 52.9. The van der Waals surface area contributed by atoms with Gasteiger partial charge >= 0.3 is 12.1 Å². The number of likely N-dealkylation sites (tertiary alicyclic amines) is 1. The number of alkyl halides is 1. The summed E-state index contributed by atoms with van der Waals surface area (Å²) >= 11 is 3.55. The van der Waals surface area contributed by atoms with Crippen molar-refractivity contribution in [3.63, 3.8) is 0 Å². The van der Waals surface area contributed by atoms with Crippen molar-refractivity contribution in [1.82, 2.24) is 10.2 Å². The van der Waals surface area contributed by atoms with Crippen molar-refractivity contribution in [2.45, 2.75) is 82.1 Å². The van der Waals surface area contributed by atoms with Gasteiger partial charge < -0.3 is 29.5 Å². The Morgan fingerprint density at radius 1 is 1.09 bits per heavy atom. The van der Waals surface area contributed by atoms with Crippen LogP contribution < -0.4 is 10.1 Å². The minimum atomic E-state index is -0.871. The van der Waals surface area contributed by atoms with E-state index in [9.17, 15) is 24.3 Å². The highest BCUT2D eigenvalue weighted by Gasteiger charge is 2.43. The minimum Gasteiger partial charge on any atom is -0.488 e. The van der Waals surface area contributed by atoms with Crippen molar-refractivity contribution in [3.05, 3.63) is 52.6 Å². The molecule has 1 fully saturated rings. The number of nitrogens with one attached hydrogen (secondary N) is 1. The number of aliphatic hydroxyl groups excluding tert-OH is 1. The monoisotopic (exact) mass is 656 g/mol. The highest BCUT2D eigenvalue weighted by molar-refractivity contribution is 9.09. The first-order valence-electron chi connectivity index (χ1n) is 14.6. The number of fused-ring (bicyclic) bond motifs is 4. The number of rotatable bonds is 7. The molecule has 2 unspecified atom stereocenters. The third kappa shape index (κ3) is 6.15. The van der Waals surface area contributed by atoms with Gasteiger partial charge in [0.1, 0.15) is 24.4 Å². The highest BCUT2D eigenvalue weighted by atomic mass is 79.9. The topological polar surface area (TPSA) is 131 Å². The number of aliphatic hydroxyl groups is 1. The quantitative estimate of drug-likeness (QED) is 0.253. The second-order valence-electron chi connectivity index (χ2n) is 11.8. The molecule has 43 heavy (non-hydrogen) atoms. The van der Waals surface area contributed by atoms with Crippen LogP contribution >= 0.6 is 15.9 Å². The van der Waals surface area contributed by atoms with Crippen molar-refractivity contribution in [3.8, 4) is 16.9 Å². The molecule has 0 saturated carbocycles. The lowest BCUT2D eigenvalue weighted by atomic mass is 9.85. The SMILES string of the molecule is COC(=O)N[C@H](C(=O)N1[C@@H](C)CC[C@H]1C(=O)OCC(=O)c1ccc2c(c1)COc1cc3c(cc1-2)CCC(Br)C3O)C(C)C. The molecule has 230 valence electrons. The number of esters is 1. The van der Waals surface area contributed by atoms with E-state index in [1.165, 1.54) is 12.0 Å². The van der Waals surface area contributed by atoms with Gasteiger partial charge in [-0.3, -0.25) is 9.59 Å². The zero-order valence-electron chi connectivity index (χ0n) is 24.7. The van der Waals surface area contributed by atoms with Gasteiger partial charge in [0.25, 0.3) is 0 Å². The Bertz CT molecular complexity index is 1440. The molecule has 2 heterocycles. The van der Waals surface area contributed by atoms with Crippen LogP contribution in [0.2, 0.25) is 0 Å². The van der Waals surface area contributed by atoms with Crippen LogP contribution in [0.5, 0.6) is 5.75 Å². The summed E-state index contributed by atoms with van der Waals surface area (Å²) in [5.41, 5.74) is 5.08. The molecule has 2 aromatic carbocycles. The van der Waals surface area contributed by atoms with Crippen molar-refractivity contribution in [1.29, 1.82) is 0 Å². The van der Waals surface area contributed by atoms with Gasteiger partial charge in [-0.05, 0) is 79.0 Å². The van der Waals surface area contributed by atoms with Crippen LogP contribution in [0.1, 0.15) is 73.2 Å². The number of Topliss-reactive ketones (excluding diaryl/α,β-unsaturated/α-hetero) is 1. The number of benzene rings is 2. The van der Waals surface area contributed by atoms with E-state index >= 15 is 0 Å². The van der Waals surface area contributed by atoms with Gasteiger partial charge in [-0.1, -0.05) is 41.9 Å². The zero-order valence-corrected chi connectivity index (χ0v) is 26.3. The summed E-state index contributed by atoms with van der Waals surface area (Å²) in [7, 11) is 1.22. The molecule has 5 rings (SSSR count). The number of ketones is 1. The molecule has 1 saturated heterocycles. The number of amides is 2. The number of hydrogen-bond acceptors (Lipinski definition) is 8. The third-order valence-corrected chi connectivity index (χ3v) is 9.58. The summed E-state index contributed by atoms with van der Waals surface area (Å²) in [5.74, 6) is -0.950. The maximum absolute atomic E-state index is 13.4. The van der Waals surface area contributed by atoms with Crippen molar-refractivity contribution in [2.75, 3.05) is 13.7 Å². The maximum Gasteiger partial charge on any atom is 0.407 e. The number of ether oxygens (including phenoxy) is 3. The number of nitrogens with zero attached hydrogens (tertiary/aromatic N) is 1. The molecule has 5 atom stereocenters. The van der Waals surface area contributed by atoms with Crippen LogP contribution in [0.25, 0.3) is 11.1 Å². The van der Waals surface area contributed by atoms with Gasteiger partial charge in [-0.25, -0.2) is 9.59 Å². The van der Waals surface area contributed by atoms with E-state index in [0.29, 0.717) is 24.2 Å². The standard InChI is InChI=1S/C32H37BrN2O8/c1-16(2)28(34-32(40)41-4)30(38)35-17(3)5-10-25(35)31(39)43-15-26(36)19-6-8-21-20(11-19)14-42-27-13-22-18(12-23(21)27)7-9-24(33)29(22)37/h6,8,11-13,16-17,24-25,28-29,37H,5,7,9-10,14-15H2,1-4H3,(H,34,40)/t17-,24?,25-,28-,29?/m0/s1. The second kappa shape index (κ2) is 12.7. The number of carbonyl (C=O) groups is 4. The number of hydrogen-bond donors (Lipinski definition) is 2. The Balaban J connectivity index is 1.26. The molecule has 2 aromatic rings. The fourth-order valence-corrected chi connectivity index (χ4v) is 6.69. The fourth-order valence-electron chi connectivity index (χ4n) is 6.18. The average Bonchev–Trinajstić information content (AvgIpc) is 3.39. The molecule has 2 amide bonds.